The average molecular weight is 425 g/mol. The van der Waals surface area contributed by atoms with E-state index in [0.717, 1.165) is 0 Å². The zero-order valence-corrected chi connectivity index (χ0v) is 16.9. The highest BCUT2D eigenvalue weighted by Gasteiger charge is 2.11. The highest BCUT2D eigenvalue weighted by atomic mass is 35.5. The van der Waals surface area contributed by atoms with Crippen LogP contribution in [0.3, 0.4) is 0 Å². The summed E-state index contributed by atoms with van der Waals surface area (Å²) in [5.74, 6) is 1.44. The Hall–Kier alpha value is -3.83. The molecule has 1 amide bonds. The Morgan fingerprint density at radius 1 is 1.30 bits per heavy atom. The lowest BCUT2D eigenvalue weighted by atomic mass is 10.1. The van der Waals surface area contributed by atoms with Crippen molar-refractivity contribution in [2.75, 3.05) is 12.4 Å². The molecule has 0 unspecified atom stereocenters. The van der Waals surface area contributed by atoms with Crippen LogP contribution >= 0.6 is 11.6 Å². The number of nitrogens with zero attached hydrogens (tertiary/aromatic N) is 3. The quantitative estimate of drug-likeness (QED) is 0.447. The summed E-state index contributed by atoms with van der Waals surface area (Å²) >= 11 is 6.06. The van der Waals surface area contributed by atoms with Crippen molar-refractivity contribution in [2.24, 2.45) is 0 Å². The second-order valence-corrected chi connectivity index (χ2v) is 6.47. The average Bonchev–Trinajstić information content (AvgIpc) is 3.16. The van der Waals surface area contributed by atoms with Gasteiger partial charge < -0.3 is 19.3 Å². The molecule has 0 saturated heterocycles. The molecule has 0 aliphatic carbocycles. The van der Waals surface area contributed by atoms with Crippen molar-refractivity contribution < 1.29 is 18.8 Å². The molecule has 9 heteroatoms. The van der Waals surface area contributed by atoms with Gasteiger partial charge in [-0.25, -0.2) is 0 Å². The summed E-state index contributed by atoms with van der Waals surface area (Å²) in [5.41, 5.74) is 1.06. The summed E-state index contributed by atoms with van der Waals surface area (Å²) in [7, 11) is 1.50. The Kier molecular flexibility index (Phi) is 6.67. The van der Waals surface area contributed by atoms with Crippen LogP contribution in [0.2, 0.25) is 5.02 Å². The number of benzene rings is 2. The van der Waals surface area contributed by atoms with Crippen molar-refractivity contribution >= 4 is 29.3 Å². The van der Waals surface area contributed by atoms with Crippen molar-refractivity contribution in [3.63, 3.8) is 0 Å². The number of hydrogen-bond acceptors (Lipinski definition) is 7. The first-order chi connectivity index (χ1) is 14.5. The third kappa shape index (κ3) is 5.37. The Balaban J connectivity index is 1.65. The summed E-state index contributed by atoms with van der Waals surface area (Å²) in [6, 6.07) is 13.6. The zero-order valence-electron chi connectivity index (χ0n) is 16.2. The first-order valence-corrected chi connectivity index (χ1v) is 9.15. The van der Waals surface area contributed by atoms with Crippen molar-refractivity contribution in [3.05, 3.63) is 70.3 Å². The topological polar surface area (TPSA) is 110 Å². The first-order valence-electron chi connectivity index (χ1n) is 8.77. The minimum absolute atomic E-state index is 0.0575. The van der Waals surface area contributed by atoms with Crippen LogP contribution in [0, 0.1) is 18.3 Å². The van der Waals surface area contributed by atoms with Crippen LogP contribution in [0.5, 0.6) is 11.5 Å². The lowest BCUT2D eigenvalue weighted by molar-refractivity contribution is -0.112. The fraction of sp³-hybridized carbons (Fsp3) is 0.143. The normalized spacial score (nSPS) is 10.9. The predicted molar refractivity (Wildman–Crippen MR) is 110 cm³/mol. The van der Waals surface area contributed by atoms with Gasteiger partial charge in [0.15, 0.2) is 6.61 Å². The van der Waals surface area contributed by atoms with Gasteiger partial charge in [-0.2, -0.15) is 10.2 Å². The largest absolute Gasteiger partial charge is 0.495 e. The molecule has 0 aliphatic rings. The maximum atomic E-state index is 12.4. The van der Waals surface area contributed by atoms with Gasteiger partial charge in [-0.15, -0.1) is 0 Å². The Morgan fingerprint density at radius 2 is 2.07 bits per heavy atom. The van der Waals surface area contributed by atoms with Crippen molar-refractivity contribution in [1.29, 1.82) is 5.26 Å². The molecule has 30 heavy (non-hydrogen) atoms. The Bertz CT molecular complexity index is 1120. The SMILES string of the molecule is COc1ccc(NC(=O)/C(C#N)=C/c2ccc(OCc3noc(C)n3)cc2)cc1Cl. The molecule has 2 aromatic carbocycles. The van der Waals surface area contributed by atoms with Crippen molar-refractivity contribution in [3.8, 4) is 17.6 Å². The summed E-state index contributed by atoms with van der Waals surface area (Å²) in [4.78, 5) is 16.5. The van der Waals surface area contributed by atoms with Crippen molar-refractivity contribution in [1.82, 2.24) is 10.1 Å². The van der Waals surface area contributed by atoms with Crippen LogP contribution in [-0.2, 0) is 11.4 Å². The van der Waals surface area contributed by atoms with E-state index in [9.17, 15) is 10.1 Å². The minimum atomic E-state index is -0.550. The predicted octanol–water partition coefficient (Wildman–Crippen LogP) is 4.16. The third-order valence-electron chi connectivity index (χ3n) is 3.90. The van der Waals surface area contributed by atoms with Crippen LogP contribution in [0.25, 0.3) is 6.08 Å². The molecule has 8 nitrogen and oxygen atoms in total. The van der Waals surface area contributed by atoms with Gasteiger partial charge >= 0.3 is 0 Å². The zero-order chi connectivity index (χ0) is 21.5. The first kappa shape index (κ1) is 20.9. The summed E-state index contributed by atoms with van der Waals surface area (Å²) < 4.78 is 15.5. The maximum absolute atomic E-state index is 12.4. The van der Waals surface area contributed by atoms with Crippen LogP contribution in [0.1, 0.15) is 17.3 Å². The molecule has 1 N–H and O–H groups in total. The number of carbonyl (C=O) groups excluding carboxylic acids is 1. The van der Waals surface area contributed by atoms with Gasteiger partial charge in [0, 0.05) is 12.6 Å². The number of ether oxygens (including phenoxy) is 2. The summed E-state index contributed by atoms with van der Waals surface area (Å²) in [5, 5.41) is 16.1. The molecule has 0 spiro atoms. The smallest absolute Gasteiger partial charge is 0.266 e. The molecule has 0 fully saturated rings. The number of aryl methyl sites for hydroxylation is 1. The van der Waals surface area contributed by atoms with Gasteiger partial charge in [0.25, 0.3) is 5.91 Å². The molecule has 0 atom stereocenters. The number of halogens is 1. The summed E-state index contributed by atoms with van der Waals surface area (Å²) in [6.07, 6.45) is 1.48. The Morgan fingerprint density at radius 3 is 2.67 bits per heavy atom. The lowest BCUT2D eigenvalue weighted by Crippen LogP contribution is -2.13. The number of amides is 1. The molecule has 0 radical (unpaired) electrons. The van der Waals surface area contributed by atoms with Gasteiger partial charge in [0.05, 0.1) is 12.1 Å². The van der Waals surface area contributed by atoms with Gasteiger partial charge in [0.2, 0.25) is 11.7 Å². The number of methoxy groups -OCH3 is 1. The Labute approximate surface area is 177 Å². The van der Waals surface area contributed by atoms with E-state index in [1.165, 1.54) is 13.2 Å². The third-order valence-corrected chi connectivity index (χ3v) is 4.20. The second-order valence-electron chi connectivity index (χ2n) is 6.06. The number of anilines is 1. The van der Waals surface area contributed by atoms with E-state index in [1.54, 1.807) is 49.4 Å². The van der Waals surface area contributed by atoms with E-state index in [0.29, 0.717) is 39.5 Å². The lowest BCUT2D eigenvalue weighted by Gasteiger charge is -2.08. The number of aromatic nitrogens is 2. The highest BCUT2D eigenvalue weighted by Crippen LogP contribution is 2.27. The van der Waals surface area contributed by atoms with E-state index in [2.05, 4.69) is 15.5 Å². The van der Waals surface area contributed by atoms with E-state index in [4.69, 9.17) is 25.6 Å². The second kappa shape index (κ2) is 9.58. The molecule has 152 valence electrons. The fourth-order valence-corrected chi connectivity index (χ4v) is 2.72. The molecule has 0 bridgehead atoms. The molecular weight excluding hydrogens is 408 g/mol. The van der Waals surface area contributed by atoms with E-state index in [-0.39, 0.29) is 12.2 Å². The number of nitriles is 1. The molecule has 0 saturated carbocycles. The standard InChI is InChI=1S/C21H17ClN4O4/c1-13-24-20(26-30-13)12-29-17-6-3-14(4-7-17)9-15(11-23)21(27)25-16-5-8-19(28-2)18(22)10-16/h3-10H,12H2,1-2H3,(H,25,27)/b15-9+. The van der Waals surface area contributed by atoms with Crippen LogP contribution in [-0.4, -0.2) is 23.2 Å². The molecular formula is C21H17ClN4O4. The fourth-order valence-electron chi connectivity index (χ4n) is 2.47. The molecule has 3 aromatic rings. The monoisotopic (exact) mass is 424 g/mol. The molecule has 1 heterocycles. The van der Waals surface area contributed by atoms with E-state index >= 15 is 0 Å². The molecule has 3 rings (SSSR count). The van der Waals surface area contributed by atoms with Gasteiger partial charge in [-0.3, -0.25) is 4.79 Å². The maximum Gasteiger partial charge on any atom is 0.266 e. The van der Waals surface area contributed by atoms with Crippen LogP contribution in [0.15, 0.2) is 52.6 Å². The van der Waals surface area contributed by atoms with Crippen LogP contribution in [0.4, 0.5) is 5.69 Å². The van der Waals surface area contributed by atoms with E-state index < -0.39 is 5.91 Å². The number of nitrogens with one attached hydrogen (secondary N) is 1. The van der Waals surface area contributed by atoms with Gasteiger partial charge in [0.1, 0.15) is 23.1 Å². The molecule has 1 aromatic heterocycles. The van der Waals surface area contributed by atoms with Crippen molar-refractivity contribution in [2.45, 2.75) is 13.5 Å². The number of rotatable bonds is 7. The molecule has 0 aliphatic heterocycles. The summed E-state index contributed by atoms with van der Waals surface area (Å²) in [6.45, 7) is 1.87. The number of hydrogen-bond donors (Lipinski definition) is 1. The minimum Gasteiger partial charge on any atom is -0.495 e. The van der Waals surface area contributed by atoms with Gasteiger partial charge in [-0.1, -0.05) is 28.9 Å². The van der Waals surface area contributed by atoms with Crippen LogP contribution < -0.4 is 14.8 Å². The highest BCUT2D eigenvalue weighted by molar-refractivity contribution is 6.32. The number of carbonyl (C=O) groups is 1. The van der Waals surface area contributed by atoms with Gasteiger partial charge in [-0.05, 0) is 42.0 Å². The van der Waals surface area contributed by atoms with E-state index in [1.807, 2.05) is 6.07 Å².